The zero-order chi connectivity index (χ0) is 24.2. The number of carbonyl (C=O) groups is 1. The third kappa shape index (κ3) is 3.55. The van der Waals surface area contributed by atoms with Crippen LogP contribution in [0.25, 0.3) is 32.8 Å². The number of hydrogen-bond acceptors (Lipinski definition) is 5. The topological polar surface area (TPSA) is 94.7 Å². The summed E-state index contributed by atoms with van der Waals surface area (Å²) in [5.41, 5.74) is 11.3. The highest BCUT2D eigenvalue weighted by molar-refractivity contribution is 6.12. The summed E-state index contributed by atoms with van der Waals surface area (Å²) in [5.74, 6) is -0.264. The van der Waals surface area contributed by atoms with Crippen molar-refractivity contribution >= 4 is 33.3 Å². The standard InChI is InChI=1S/C28H28N2O4/c1-15-21(26(27(31)32)34-28(2,3)4)23(17-7-5-6-8-18(17)24(15)29)19-9-10-20-22-16(12-14-33-20)11-13-30-25(19)22/h5-11,13,26H,12,14,29H2,1-4H3,(H,31,32)/t26-/m0/s1. The number of carboxylic acids is 1. The van der Waals surface area contributed by atoms with Gasteiger partial charge in [0.1, 0.15) is 5.75 Å². The Morgan fingerprint density at radius 2 is 1.88 bits per heavy atom. The van der Waals surface area contributed by atoms with Crippen LogP contribution in [-0.4, -0.2) is 28.3 Å². The van der Waals surface area contributed by atoms with Crippen molar-refractivity contribution in [1.29, 1.82) is 0 Å². The number of nitrogen functional groups attached to an aromatic ring is 1. The van der Waals surface area contributed by atoms with Crippen LogP contribution < -0.4 is 10.5 Å². The molecule has 3 aromatic carbocycles. The second-order valence-electron chi connectivity index (χ2n) is 9.72. The molecule has 0 aliphatic carbocycles. The molecule has 5 rings (SSSR count). The first-order chi connectivity index (χ1) is 16.2. The normalized spacial score (nSPS) is 14.2. The molecule has 174 valence electrons. The van der Waals surface area contributed by atoms with Gasteiger partial charge < -0.3 is 20.3 Å². The Bertz CT molecular complexity index is 1440. The van der Waals surface area contributed by atoms with Crippen molar-refractivity contribution in [2.45, 2.75) is 45.8 Å². The van der Waals surface area contributed by atoms with Crippen molar-refractivity contribution in [2.75, 3.05) is 12.3 Å². The zero-order valence-corrected chi connectivity index (χ0v) is 19.8. The average Bonchev–Trinajstić information content (AvgIpc) is 2.80. The smallest absolute Gasteiger partial charge is 0.337 e. The predicted molar refractivity (Wildman–Crippen MR) is 134 cm³/mol. The fourth-order valence-corrected chi connectivity index (χ4v) is 4.92. The van der Waals surface area contributed by atoms with Crippen molar-refractivity contribution in [2.24, 2.45) is 0 Å². The summed E-state index contributed by atoms with van der Waals surface area (Å²) < 4.78 is 12.0. The molecule has 6 heteroatoms. The van der Waals surface area contributed by atoms with Gasteiger partial charge in [0.05, 0.1) is 17.7 Å². The van der Waals surface area contributed by atoms with Crippen molar-refractivity contribution in [3.05, 3.63) is 65.4 Å². The van der Waals surface area contributed by atoms with Crippen LogP contribution in [0.2, 0.25) is 0 Å². The quantitative estimate of drug-likeness (QED) is 0.376. The van der Waals surface area contributed by atoms with Crippen LogP contribution >= 0.6 is 0 Å². The summed E-state index contributed by atoms with van der Waals surface area (Å²) in [5, 5.41) is 13.0. The van der Waals surface area contributed by atoms with E-state index in [1.54, 1.807) is 0 Å². The predicted octanol–water partition coefficient (Wildman–Crippen LogP) is 5.82. The van der Waals surface area contributed by atoms with E-state index in [9.17, 15) is 9.90 Å². The van der Waals surface area contributed by atoms with E-state index in [4.69, 9.17) is 20.2 Å². The number of ether oxygens (including phenoxy) is 2. The number of benzene rings is 3. The number of aliphatic carboxylic acids is 1. The van der Waals surface area contributed by atoms with E-state index in [1.165, 1.54) is 5.56 Å². The Morgan fingerprint density at radius 3 is 2.59 bits per heavy atom. The molecule has 1 aliphatic rings. The first kappa shape index (κ1) is 22.2. The maximum Gasteiger partial charge on any atom is 0.337 e. The number of nitrogens with two attached hydrogens (primary N) is 1. The zero-order valence-electron chi connectivity index (χ0n) is 19.8. The summed E-state index contributed by atoms with van der Waals surface area (Å²) >= 11 is 0. The maximum atomic E-state index is 12.6. The largest absolute Gasteiger partial charge is 0.493 e. The fraction of sp³-hybridized carbons (Fsp3) is 0.286. The molecular weight excluding hydrogens is 428 g/mol. The van der Waals surface area contributed by atoms with Gasteiger partial charge in [-0.1, -0.05) is 24.3 Å². The SMILES string of the molecule is Cc1c([C@H](OC(C)(C)C)C(=O)O)c(-c2ccc3c4c(ccnc24)CCO3)c2ccccc2c1N. The second kappa shape index (κ2) is 7.99. The van der Waals surface area contributed by atoms with Crippen LogP contribution in [0.3, 0.4) is 0 Å². The van der Waals surface area contributed by atoms with Gasteiger partial charge in [-0.3, -0.25) is 4.98 Å². The second-order valence-corrected chi connectivity index (χ2v) is 9.72. The minimum absolute atomic E-state index is 0.553. The van der Waals surface area contributed by atoms with E-state index < -0.39 is 17.7 Å². The third-order valence-corrected chi connectivity index (χ3v) is 6.36. The molecule has 0 saturated carbocycles. The first-order valence-corrected chi connectivity index (χ1v) is 11.4. The molecule has 34 heavy (non-hydrogen) atoms. The minimum Gasteiger partial charge on any atom is -0.493 e. The van der Waals surface area contributed by atoms with Gasteiger partial charge in [0.25, 0.3) is 0 Å². The van der Waals surface area contributed by atoms with Gasteiger partial charge in [0, 0.05) is 40.2 Å². The van der Waals surface area contributed by atoms with Crippen molar-refractivity contribution in [3.63, 3.8) is 0 Å². The van der Waals surface area contributed by atoms with Gasteiger partial charge in [0.15, 0.2) is 6.10 Å². The number of nitrogens with zero attached hydrogens (tertiary/aromatic N) is 1. The molecule has 2 heterocycles. The van der Waals surface area contributed by atoms with E-state index in [-0.39, 0.29) is 0 Å². The van der Waals surface area contributed by atoms with Gasteiger partial charge in [-0.15, -0.1) is 0 Å². The minimum atomic E-state index is -1.20. The molecular formula is C28H28N2O4. The maximum absolute atomic E-state index is 12.6. The number of pyridine rings is 1. The number of rotatable bonds is 4. The van der Waals surface area contributed by atoms with Crippen LogP contribution in [0, 0.1) is 6.92 Å². The number of fused-ring (bicyclic) bond motifs is 1. The Balaban J connectivity index is 1.94. The van der Waals surface area contributed by atoms with Crippen LogP contribution in [-0.2, 0) is 16.0 Å². The average molecular weight is 457 g/mol. The van der Waals surface area contributed by atoms with E-state index in [2.05, 4.69) is 0 Å². The number of carboxylic acid groups (broad SMARTS) is 1. The molecule has 1 atom stereocenters. The highest BCUT2D eigenvalue weighted by atomic mass is 16.5. The third-order valence-electron chi connectivity index (χ3n) is 6.36. The summed E-state index contributed by atoms with van der Waals surface area (Å²) in [6, 6.07) is 13.8. The Hall–Kier alpha value is -3.64. The van der Waals surface area contributed by atoms with Gasteiger partial charge in [-0.05, 0) is 68.0 Å². The van der Waals surface area contributed by atoms with Crippen molar-refractivity contribution in [1.82, 2.24) is 4.98 Å². The van der Waals surface area contributed by atoms with Crippen LogP contribution in [0.5, 0.6) is 5.75 Å². The molecule has 0 fully saturated rings. The van der Waals surface area contributed by atoms with E-state index in [0.29, 0.717) is 23.4 Å². The van der Waals surface area contributed by atoms with Crippen LogP contribution in [0.4, 0.5) is 5.69 Å². The summed E-state index contributed by atoms with van der Waals surface area (Å²) in [4.78, 5) is 17.3. The molecule has 0 unspecified atom stereocenters. The van der Waals surface area contributed by atoms with Crippen LogP contribution in [0.1, 0.15) is 43.6 Å². The molecule has 0 bridgehead atoms. The van der Waals surface area contributed by atoms with Crippen LogP contribution in [0.15, 0.2) is 48.7 Å². The molecule has 3 N–H and O–H groups in total. The monoisotopic (exact) mass is 456 g/mol. The summed E-state index contributed by atoms with van der Waals surface area (Å²) in [6.45, 7) is 8.04. The molecule has 1 aromatic heterocycles. The van der Waals surface area contributed by atoms with Gasteiger partial charge in [-0.2, -0.15) is 0 Å². The Kier molecular flexibility index (Phi) is 5.21. The van der Waals surface area contributed by atoms with Gasteiger partial charge >= 0.3 is 5.97 Å². The molecule has 1 aliphatic heterocycles. The molecule has 6 nitrogen and oxygen atoms in total. The van der Waals surface area contributed by atoms with E-state index >= 15 is 0 Å². The Labute approximate surface area is 198 Å². The lowest BCUT2D eigenvalue weighted by Crippen LogP contribution is -2.28. The lowest BCUT2D eigenvalue weighted by atomic mass is 9.84. The Morgan fingerprint density at radius 1 is 1.15 bits per heavy atom. The highest BCUT2D eigenvalue weighted by Gasteiger charge is 2.33. The number of hydrogen-bond donors (Lipinski definition) is 2. The van der Waals surface area contributed by atoms with Crippen molar-refractivity contribution in [3.8, 4) is 16.9 Å². The molecule has 0 spiro atoms. The highest BCUT2D eigenvalue weighted by Crippen LogP contribution is 2.46. The van der Waals surface area contributed by atoms with Gasteiger partial charge in [0.2, 0.25) is 0 Å². The molecule has 4 aromatic rings. The lowest BCUT2D eigenvalue weighted by Gasteiger charge is -2.29. The van der Waals surface area contributed by atoms with E-state index in [0.717, 1.165) is 45.0 Å². The number of aromatic nitrogens is 1. The van der Waals surface area contributed by atoms with Gasteiger partial charge in [-0.25, -0.2) is 4.79 Å². The molecule has 0 radical (unpaired) electrons. The van der Waals surface area contributed by atoms with E-state index in [1.807, 2.05) is 76.4 Å². The first-order valence-electron chi connectivity index (χ1n) is 11.4. The fourth-order valence-electron chi connectivity index (χ4n) is 4.92. The lowest BCUT2D eigenvalue weighted by molar-refractivity contribution is -0.160. The summed E-state index contributed by atoms with van der Waals surface area (Å²) in [7, 11) is 0. The summed E-state index contributed by atoms with van der Waals surface area (Å²) in [6.07, 6.45) is 1.40. The number of anilines is 1. The van der Waals surface area contributed by atoms with Crippen molar-refractivity contribution < 1.29 is 19.4 Å². The molecule has 0 saturated heterocycles. The molecule has 0 amide bonds.